The third-order valence-electron chi connectivity index (χ3n) is 6.98. The number of nitrogens with one attached hydrogen (secondary N) is 1. The van der Waals surface area contributed by atoms with Crippen molar-refractivity contribution in [3.05, 3.63) is 82.0 Å². The molecule has 1 fully saturated rings. The van der Waals surface area contributed by atoms with Crippen LogP contribution < -0.4 is 14.8 Å². The smallest absolute Gasteiger partial charge is 0.387 e. The molecule has 1 aromatic heterocycles. The van der Waals surface area contributed by atoms with Crippen LogP contribution in [0, 0.1) is 16.9 Å². The van der Waals surface area contributed by atoms with E-state index in [0.29, 0.717) is 0 Å². The van der Waals surface area contributed by atoms with Gasteiger partial charge in [0.05, 0.1) is 21.7 Å². The highest BCUT2D eigenvalue weighted by Crippen LogP contribution is 2.41. The summed E-state index contributed by atoms with van der Waals surface area (Å²) in [7, 11) is 0. The van der Waals surface area contributed by atoms with Gasteiger partial charge in [-0.2, -0.15) is 13.5 Å². The van der Waals surface area contributed by atoms with Crippen LogP contribution in [0.25, 0.3) is 11.1 Å². The number of anilines is 1. The molecule has 3 aromatic rings. The highest BCUT2D eigenvalue weighted by molar-refractivity contribution is 6.31. The van der Waals surface area contributed by atoms with E-state index in [1.807, 2.05) is 0 Å². The fourth-order valence-corrected chi connectivity index (χ4v) is 5.02. The van der Waals surface area contributed by atoms with Gasteiger partial charge in [0.1, 0.15) is 11.7 Å². The van der Waals surface area contributed by atoms with Crippen molar-refractivity contribution in [1.82, 2.24) is 0 Å². The van der Waals surface area contributed by atoms with Gasteiger partial charge in [-0.1, -0.05) is 11.6 Å². The molecule has 1 amide bonds. The molecule has 1 saturated carbocycles. The van der Waals surface area contributed by atoms with Crippen LogP contribution in [0.1, 0.15) is 54.1 Å². The first kappa shape index (κ1) is 30.0. The molecule has 7 nitrogen and oxygen atoms in total. The quantitative estimate of drug-likeness (QED) is 0.157. The van der Waals surface area contributed by atoms with Gasteiger partial charge in [-0.05, 0) is 67.6 Å². The maximum absolute atomic E-state index is 14.9. The topological polar surface area (TPSA) is 103 Å². The molecule has 0 unspecified atom stereocenters. The summed E-state index contributed by atoms with van der Waals surface area (Å²) in [5.74, 6) is -7.73. The summed E-state index contributed by atoms with van der Waals surface area (Å²) in [6.45, 7) is -3.28. The zero-order chi connectivity index (χ0) is 29.9. The number of ether oxygens (including phenoxy) is 1. The van der Waals surface area contributed by atoms with Gasteiger partial charge in [-0.3, -0.25) is 4.79 Å². The fourth-order valence-electron chi connectivity index (χ4n) is 4.86. The molecular formula is C28H24ClF5N2O5. The summed E-state index contributed by atoms with van der Waals surface area (Å²) in [5.41, 5.74) is -0.504. The molecule has 13 heteroatoms. The number of pyridine rings is 1. The second kappa shape index (κ2) is 12.3. The Kier molecular flexibility index (Phi) is 9.01. The largest absolute Gasteiger partial charge is 0.618 e. The lowest BCUT2D eigenvalue weighted by molar-refractivity contribution is -0.614. The first-order chi connectivity index (χ1) is 19.3. The normalized spacial score (nSPS) is 15.9. The number of benzene rings is 2. The SMILES string of the molecule is O=C(O)c1ccc(NC(=O)[C@@H](CC2CCC(F)(F)CC2)c2ccc(-c3c(OC(F)F)ccc(Cl)c3F)c[n+]2[O-])cc1. The minimum absolute atomic E-state index is 0.0147. The second-order valence-electron chi connectivity index (χ2n) is 9.74. The first-order valence-corrected chi connectivity index (χ1v) is 12.9. The van der Waals surface area contributed by atoms with Gasteiger partial charge in [0.25, 0.3) is 0 Å². The van der Waals surface area contributed by atoms with Gasteiger partial charge in [0.2, 0.25) is 17.5 Å². The van der Waals surface area contributed by atoms with E-state index in [4.69, 9.17) is 16.7 Å². The highest BCUT2D eigenvalue weighted by Gasteiger charge is 2.38. The molecule has 0 spiro atoms. The molecule has 0 radical (unpaired) electrons. The number of nitrogens with zero attached hydrogens (tertiary/aromatic N) is 1. The maximum Gasteiger partial charge on any atom is 0.387 e. The molecule has 1 heterocycles. The van der Waals surface area contributed by atoms with Crippen LogP contribution in [-0.4, -0.2) is 29.5 Å². The molecule has 1 aliphatic rings. The van der Waals surface area contributed by atoms with E-state index in [1.54, 1.807) is 0 Å². The summed E-state index contributed by atoms with van der Waals surface area (Å²) in [4.78, 5) is 24.5. The van der Waals surface area contributed by atoms with Crippen LogP contribution in [0.4, 0.5) is 27.6 Å². The number of hydrogen-bond donors (Lipinski definition) is 2. The minimum Gasteiger partial charge on any atom is -0.618 e. The molecular weight excluding hydrogens is 575 g/mol. The molecule has 0 saturated heterocycles. The molecule has 2 aromatic carbocycles. The predicted octanol–water partition coefficient (Wildman–Crippen LogP) is 7.02. The van der Waals surface area contributed by atoms with Gasteiger partial charge < -0.3 is 20.4 Å². The Bertz CT molecular complexity index is 1430. The van der Waals surface area contributed by atoms with Crippen LogP contribution in [0.5, 0.6) is 5.75 Å². The zero-order valence-corrected chi connectivity index (χ0v) is 22.0. The summed E-state index contributed by atoms with van der Waals surface area (Å²) < 4.78 is 72.9. The Morgan fingerprint density at radius 1 is 1.10 bits per heavy atom. The number of carboxylic acid groups (broad SMARTS) is 1. The Labute approximate surface area is 236 Å². The number of halogens is 6. The van der Waals surface area contributed by atoms with Gasteiger partial charge in [-0.25, -0.2) is 18.0 Å². The fraction of sp³-hybridized carbons (Fsp3) is 0.321. The Morgan fingerprint density at radius 2 is 1.76 bits per heavy atom. The average molecular weight is 599 g/mol. The van der Waals surface area contributed by atoms with E-state index in [1.165, 1.54) is 36.4 Å². The number of rotatable bonds is 9. The lowest BCUT2D eigenvalue weighted by Gasteiger charge is -2.30. The van der Waals surface area contributed by atoms with Crippen molar-refractivity contribution in [1.29, 1.82) is 0 Å². The van der Waals surface area contributed by atoms with Crippen LogP contribution in [0.2, 0.25) is 5.02 Å². The van der Waals surface area contributed by atoms with Crippen molar-refractivity contribution >= 4 is 29.2 Å². The average Bonchev–Trinajstić information content (AvgIpc) is 2.90. The van der Waals surface area contributed by atoms with E-state index in [-0.39, 0.29) is 65.3 Å². The number of carbonyl (C=O) groups excluding carboxylic acids is 1. The Morgan fingerprint density at radius 3 is 2.34 bits per heavy atom. The highest BCUT2D eigenvalue weighted by atomic mass is 35.5. The zero-order valence-electron chi connectivity index (χ0n) is 21.3. The van der Waals surface area contributed by atoms with Gasteiger partial charge >= 0.3 is 12.6 Å². The van der Waals surface area contributed by atoms with Crippen molar-refractivity contribution in [3.8, 4) is 16.9 Å². The molecule has 1 atom stereocenters. The van der Waals surface area contributed by atoms with Gasteiger partial charge in [0.15, 0.2) is 12.0 Å². The monoisotopic (exact) mass is 598 g/mol. The van der Waals surface area contributed by atoms with E-state index < -0.39 is 52.5 Å². The van der Waals surface area contributed by atoms with Crippen LogP contribution >= 0.6 is 11.6 Å². The third kappa shape index (κ3) is 7.24. The van der Waals surface area contributed by atoms with Crippen molar-refractivity contribution in [3.63, 3.8) is 0 Å². The Hall–Kier alpha value is -3.93. The molecule has 41 heavy (non-hydrogen) atoms. The number of carboxylic acids is 1. The number of aromatic nitrogens is 1. The van der Waals surface area contributed by atoms with Gasteiger partial charge in [-0.15, -0.1) is 0 Å². The number of hydrogen-bond acceptors (Lipinski definition) is 4. The van der Waals surface area contributed by atoms with Crippen molar-refractivity contribution in [2.24, 2.45) is 5.92 Å². The predicted molar refractivity (Wildman–Crippen MR) is 139 cm³/mol. The third-order valence-corrected chi connectivity index (χ3v) is 7.28. The van der Waals surface area contributed by atoms with E-state index in [9.17, 15) is 36.7 Å². The van der Waals surface area contributed by atoms with E-state index in [0.717, 1.165) is 18.3 Å². The van der Waals surface area contributed by atoms with Gasteiger partial charge in [0, 0.05) is 24.6 Å². The lowest BCUT2D eigenvalue weighted by atomic mass is 9.80. The van der Waals surface area contributed by atoms with Crippen LogP contribution in [-0.2, 0) is 4.79 Å². The minimum atomic E-state index is -3.28. The molecule has 2 N–H and O–H groups in total. The van der Waals surface area contributed by atoms with E-state index in [2.05, 4.69) is 10.1 Å². The number of amides is 1. The lowest BCUT2D eigenvalue weighted by Crippen LogP contribution is -2.38. The molecule has 4 rings (SSSR count). The standard InChI is InChI=1S/C28H24ClF5N2O5/c29-20-6-8-22(41-27(31)32)23(24(20)30)17-3-7-21(36(40)14-17)19(13-15-9-11-28(33,34)12-10-15)25(37)35-18-4-1-16(2-5-18)26(38)39/h1-8,14-15,19,27H,9-13H2,(H,35,37)(H,38,39)/t19-/m0/s1. The number of carbonyl (C=O) groups is 2. The second-order valence-corrected chi connectivity index (χ2v) is 10.1. The summed E-state index contributed by atoms with van der Waals surface area (Å²) in [5, 5.41) is 24.5. The van der Waals surface area contributed by atoms with Crippen molar-refractivity contribution in [2.45, 2.75) is 50.6 Å². The maximum atomic E-state index is 14.9. The number of alkyl halides is 4. The summed E-state index contributed by atoms with van der Waals surface area (Å²) in [6, 6.07) is 9.79. The van der Waals surface area contributed by atoms with Crippen molar-refractivity contribution < 1.29 is 46.1 Å². The summed E-state index contributed by atoms with van der Waals surface area (Å²) >= 11 is 5.83. The molecule has 0 bridgehead atoms. The van der Waals surface area contributed by atoms with Crippen LogP contribution in [0.3, 0.4) is 0 Å². The first-order valence-electron chi connectivity index (χ1n) is 12.5. The Balaban J connectivity index is 1.68. The summed E-state index contributed by atoms with van der Waals surface area (Å²) in [6.07, 6.45) is 0.466. The van der Waals surface area contributed by atoms with E-state index >= 15 is 0 Å². The molecule has 1 aliphatic carbocycles. The number of aromatic carboxylic acids is 1. The molecule has 0 aliphatic heterocycles. The van der Waals surface area contributed by atoms with Crippen molar-refractivity contribution in [2.75, 3.05) is 5.32 Å². The van der Waals surface area contributed by atoms with Crippen LogP contribution in [0.15, 0.2) is 54.7 Å². The molecule has 218 valence electrons.